The summed E-state index contributed by atoms with van der Waals surface area (Å²) >= 11 is 1.10. The van der Waals surface area contributed by atoms with E-state index >= 15 is 0 Å². The van der Waals surface area contributed by atoms with Gasteiger partial charge in [0, 0.05) is 37.4 Å². The molecule has 3 aromatic rings. The summed E-state index contributed by atoms with van der Waals surface area (Å²) in [5, 5.41) is 0.198. The van der Waals surface area contributed by atoms with Gasteiger partial charge >= 0.3 is 6.18 Å². The summed E-state index contributed by atoms with van der Waals surface area (Å²) in [6.45, 7) is 3.72. The molecule has 2 heterocycles. The van der Waals surface area contributed by atoms with Gasteiger partial charge < -0.3 is 9.80 Å². The second-order valence-corrected chi connectivity index (χ2v) is 8.11. The van der Waals surface area contributed by atoms with Crippen molar-refractivity contribution >= 4 is 38.9 Å². The van der Waals surface area contributed by atoms with Crippen LogP contribution in [0.4, 0.5) is 18.9 Å². The highest BCUT2D eigenvalue weighted by molar-refractivity contribution is 7.20. The Kier molecular flexibility index (Phi) is 5.23. The molecular formula is C21H18F3N3O2S. The molecule has 30 heavy (non-hydrogen) atoms. The molecule has 1 aromatic heterocycles. The number of aromatic nitrogens is 1. The van der Waals surface area contributed by atoms with Gasteiger partial charge in [-0.2, -0.15) is 13.2 Å². The van der Waals surface area contributed by atoms with Crippen molar-refractivity contribution in [3.63, 3.8) is 0 Å². The lowest BCUT2D eigenvalue weighted by atomic mass is 10.1. The molecule has 5 nitrogen and oxygen atoms in total. The average Bonchev–Trinajstić information content (AvgIpc) is 3.16. The Balaban J connectivity index is 1.44. The lowest BCUT2D eigenvalue weighted by molar-refractivity contribution is -0.137. The minimum atomic E-state index is -4.44. The molecular weight excluding hydrogens is 415 g/mol. The molecule has 9 heteroatoms. The number of amides is 1. The standard InChI is InChI=1S/C21H18F3N3O2S/c1-13(28)14-2-5-16(6-3-14)26-8-10-27(11-9-26)20(29)19-25-17-12-15(21(22,23)24)4-7-18(17)30-19/h2-7,12H,8-11H2,1H3. The third-order valence-corrected chi connectivity index (χ3v) is 6.13. The molecule has 1 saturated heterocycles. The Morgan fingerprint density at radius 2 is 1.67 bits per heavy atom. The van der Waals surface area contributed by atoms with Crippen molar-refractivity contribution in [2.24, 2.45) is 0 Å². The van der Waals surface area contributed by atoms with E-state index in [4.69, 9.17) is 0 Å². The number of carbonyl (C=O) groups is 2. The van der Waals surface area contributed by atoms with Crippen LogP contribution in [0, 0.1) is 0 Å². The number of piperazine rings is 1. The average molecular weight is 433 g/mol. The molecule has 1 amide bonds. The summed E-state index contributed by atoms with van der Waals surface area (Å²) in [5.41, 5.74) is 1.04. The Bertz CT molecular complexity index is 1100. The summed E-state index contributed by atoms with van der Waals surface area (Å²) in [6.07, 6.45) is -4.44. The van der Waals surface area contributed by atoms with Gasteiger partial charge in [0.05, 0.1) is 15.8 Å². The zero-order chi connectivity index (χ0) is 21.5. The fourth-order valence-corrected chi connectivity index (χ4v) is 4.32. The number of nitrogens with zero attached hydrogens (tertiary/aromatic N) is 3. The van der Waals surface area contributed by atoms with Crippen LogP contribution in [0.1, 0.15) is 32.6 Å². The fraction of sp³-hybridized carbons (Fsp3) is 0.286. The number of hydrogen-bond acceptors (Lipinski definition) is 5. The number of Topliss-reactive ketones (excluding diaryl/α,β-unsaturated/α-hetero) is 1. The number of rotatable bonds is 3. The maximum absolute atomic E-state index is 12.9. The number of benzene rings is 2. The summed E-state index contributed by atoms with van der Waals surface area (Å²) in [7, 11) is 0. The number of anilines is 1. The molecule has 0 bridgehead atoms. The highest BCUT2D eigenvalue weighted by atomic mass is 32.1. The Morgan fingerprint density at radius 1 is 1.00 bits per heavy atom. The molecule has 0 aliphatic carbocycles. The highest BCUT2D eigenvalue weighted by Crippen LogP contribution is 2.33. The molecule has 4 rings (SSSR count). The smallest absolute Gasteiger partial charge is 0.368 e. The van der Waals surface area contributed by atoms with Gasteiger partial charge in [-0.3, -0.25) is 9.59 Å². The van der Waals surface area contributed by atoms with Crippen molar-refractivity contribution in [2.75, 3.05) is 31.1 Å². The lowest BCUT2D eigenvalue weighted by Gasteiger charge is -2.35. The summed E-state index contributed by atoms with van der Waals surface area (Å²) in [4.78, 5) is 32.2. The predicted octanol–water partition coefficient (Wildman–Crippen LogP) is 4.48. The van der Waals surface area contributed by atoms with E-state index in [1.807, 2.05) is 12.1 Å². The minimum Gasteiger partial charge on any atom is -0.368 e. The molecule has 0 unspecified atom stereocenters. The van der Waals surface area contributed by atoms with Crippen molar-refractivity contribution in [3.8, 4) is 0 Å². The van der Waals surface area contributed by atoms with Gasteiger partial charge in [-0.05, 0) is 49.4 Å². The zero-order valence-corrected chi connectivity index (χ0v) is 16.9. The fourth-order valence-electron chi connectivity index (χ4n) is 3.41. The van der Waals surface area contributed by atoms with Crippen molar-refractivity contribution in [1.29, 1.82) is 0 Å². The van der Waals surface area contributed by atoms with Crippen molar-refractivity contribution in [3.05, 3.63) is 58.6 Å². The first-order valence-corrected chi connectivity index (χ1v) is 10.2. The SMILES string of the molecule is CC(=O)c1ccc(N2CCN(C(=O)c3nc4cc(C(F)(F)F)ccc4s3)CC2)cc1. The summed E-state index contributed by atoms with van der Waals surface area (Å²) < 4.78 is 39.2. The van der Waals surface area contributed by atoms with E-state index in [1.165, 1.54) is 13.0 Å². The van der Waals surface area contributed by atoms with Crippen LogP contribution >= 0.6 is 11.3 Å². The van der Waals surface area contributed by atoms with Crippen LogP contribution in [0.15, 0.2) is 42.5 Å². The second-order valence-electron chi connectivity index (χ2n) is 7.08. The minimum absolute atomic E-state index is 0.00940. The predicted molar refractivity (Wildman–Crippen MR) is 109 cm³/mol. The number of ketones is 1. The van der Waals surface area contributed by atoms with Crippen LogP contribution in [0.3, 0.4) is 0 Å². The Morgan fingerprint density at radius 3 is 2.27 bits per heavy atom. The first kappa shape index (κ1) is 20.3. The van der Waals surface area contributed by atoms with E-state index in [9.17, 15) is 22.8 Å². The third-order valence-electron chi connectivity index (χ3n) is 5.10. The molecule has 0 radical (unpaired) electrons. The van der Waals surface area contributed by atoms with Crippen LogP contribution in [0.25, 0.3) is 10.2 Å². The molecule has 1 fully saturated rings. The Labute approximate surface area is 174 Å². The van der Waals surface area contributed by atoms with E-state index in [-0.39, 0.29) is 22.2 Å². The van der Waals surface area contributed by atoms with Crippen LogP contribution in [-0.4, -0.2) is 47.8 Å². The monoisotopic (exact) mass is 433 g/mol. The number of carbonyl (C=O) groups excluding carboxylic acids is 2. The zero-order valence-electron chi connectivity index (χ0n) is 16.1. The van der Waals surface area contributed by atoms with Crippen LogP contribution < -0.4 is 4.90 Å². The third kappa shape index (κ3) is 4.02. The summed E-state index contributed by atoms with van der Waals surface area (Å²) in [5.74, 6) is -0.258. The molecule has 0 spiro atoms. The first-order valence-electron chi connectivity index (χ1n) is 9.35. The van der Waals surface area contributed by atoms with E-state index in [2.05, 4.69) is 9.88 Å². The Hall–Kier alpha value is -2.94. The van der Waals surface area contributed by atoms with Crippen molar-refractivity contribution in [2.45, 2.75) is 13.1 Å². The first-order chi connectivity index (χ1) is 14.2. The molecule has 156 valence electrons. The van der Waals surface area contributed by atoms with Crippen molar-refractivity contribution < 1.29 is 22.8 Å². The van der Waals surface area contributed by atoms with E-state index < -0.39 is 11.7 Å². The van der Waals surface area contributed by atoms with Crippen molar-refractivity contribution in [1.82, 2.24) is 9.88 Å². The second kappa shape index (κ2) is 7.71. The quantitative estimate of drug-likeness (QED) is 0.572. The summed E-state index contributed by atoms with van der Waals surface area (Å²) in [6, 6.07) is 10.7. The van der Waals surface area contributed by atoms with Crippen LogP contribution in [0.5, 0.6) is 0 Å². The van der Waals surface area contributed by atoms with Gasteiger partial charge in [-0.1, -0.05) is 0 Å². The largest absolute Gasteiger partial charge is 0.416 e. The number of alkyl halides is 3. The maximum Gasteiger partial charge on any atom is 0.416 e. The molecule has 0 saturated carbocycles. The van der Waals surface area contributed by atoms with E-state index in [1.54, 1.807) is 17.0 Å². The maximum atomic E-state index is 12.9. The van der Waals surface area contributed by atoms with Gasteiger partial charge in [0.1, 0.15) is 0 Å². The number of hydrogen-bond donors (Lipinski definition) is 0. The lowest BCUT2D eigenvalue weighted by Crippen LogP contribution is -2.48. The van der Waals surface area contributed by atoms with Gasteiger partial charge in [0.25, 0.3) is 5.91 Å². The van der Waals surface area contributed by atoms with Crippen LogP contribution in [-0.2, 0) is 6.18 Å². The normalized spacial score (nSPS) is 14.9. The van der Waals surface area contributed by atoms with Gasteiger partial charge in [0.2, 0.25) is 0 Å². The van der Waals surface area contributed by atoms with Gasteiger partial charge in [0.15, 0.2) is 10.8 Å². The van der Waals surface area contributed by atoms with Gasteiger partial charge in [-0.15, -0.1) is 11.3 Å². The topological polar surface area (TPSA) is 53.5 Å². The molecule has 0 N–H and O–H groups in total. The highest BCUT2D eigenvalue weighted by Gasteiger charge is 2.31. The number of fused-ring (bicyclic) bond motifs is 1. The van der Waals surface area contributed by atoms with Gasteiger partial charge in [-0.25, -0.2) is 4.98 Å². The van der Waals surface area contributed by atoms with Crippen LogP contribution in [0.2, 0.25) is 0 Å². The molecule has 1 aliphatic heterocycles. The molecule has 0 atom stereocenters. The molecule has 1 aliphatic rings. The number of thiazole rings is 1. The molecule has 2 aromatic carbocycles. The number of halogens is 3. The van der Waals surface area contributed by atoms with E-state index in [0.29, 0.717) is 36.4 Å². The van der Waals surface area contributed by atoms with E-state index in [0.717, 1.165) is 29.2 Å².